The highest BCUT2D eigenvalue weighted by Crippen LogP contribution is 2.34. The van der Waals surface area contributed by atoms with Gasteiger partial charge < -0.3 is 4.74 Å². The lowest BCUT2D eigenvalue weighted by molar-refractivity contribution is 0.104. The lowest BCUT2D eigenvalue weighted by atomic mass is 10.1. The average Bonchev–Trinajstić information content (AvgIpc) is 2.78. The molecule has 0 amide bonds. The van der Waals surface area contributed by atoms with E-state index in [-0.39, 0.29) is 24.3 Å². The van der Waals surface area contributed by atoms with Crippen LogP contribution in [-0.4, -0.2) is 16.9 Å². The number of carbonyl (C=O) groups excluding carboxylic acids is 1. The summed E-state index contributed by atoms with van der Waals surface area (Å²) < 4.78 is 5.81. The van der Waals surface area contributed by atoms with Gasteiger partial charge in [0.2, 0.25) is 0 Å². The van der Waals surface area contributed by atoms with Crippen LogP contribution in [0.5, 0.6) is 5.75 Å². The Kier molecular flexibility index (Phi) is 4.99. The minimum absolute atomic E-state index is 0. The van der Waals surface area contributed by atoms with Crippen LogP contribution in [0.25, 0.3) is 6.08 Å². The third kappa shape index (κ3) is 3.20. The van der Waals surface area contributed by atoms with Gasteiger partial charge in [-0.15, -0.1) is 12.4 Å². The Labute approximate surface area is 136 Å². The number of pyridine rings is 1. The number of Topliss-reactive ketones (excluding diaryl/α,β-unsaturated/α-hetero) is 1. The van der Waals surface area contributed by atoms with Crippen molar-refractivity contribution < 1.29 is 9.53 Å². The Hall–Kier alpha value is -2.13. The number of nitrogens with zero attached hydrogens (tertiary/aromatic N) is 1. The highest BCUT2D eigenvalue weighted by Gasteiger charge is 2.27. The van der Waals surface area contributed by atoms with Crippen LogP contribution in [0.1, 0.15) is 35.3 Å². The average molecular weight is 316 g/mol. The number of aromatic nitrogens is 1. The number of carbonyl (C=O) groups is 1. The first-order chi connectivity index (χ1) is 10.1. The second-order valence-electron chi connectivity index (χ2n) is 5.40. The van der Waals surface area contributed by atoms with Crippen LogP contribution in [0.3, 0.4) is 0 Å². The van der Waals surface area contributed by atoms with Gasteiger partial charge in [-0.1, -0.05) is 12.1 Å². The van der Waals surface area contributed by atoms with Crippen LogP contribution in [0.15, 0.2) is 48.3 Å². The summed E-state index contributed by atoms with van der Waals surface area (Å²) in [4.78, 5) is 16.5. The summed E-state index contributed by atoms with van der Waals surface area (Å²) in [6, 6.07) is 9.48. The molecule has 0 bridgehead atoms. The van der Waals surface area contributed by atoms with Crippen molar-refractivity contribution in [3.8, 4) is 5.75 Å². The number of ketones is 1. The first kappa shape index (κ1) is 16.2. The Bertz CT molecular complexity index is 708. The van der Waals surface area contributed by atoms with E-state index in [9.17, 15) is 4.79 Å². The zero-order valence-corrected chi connectivity index (χ0v) is 13.4. The molecule has 0 saturated carbocycles. The molecule has 114 valence electrons. The third-order valence-corrected chi connectivity index (χ3v) is 3.45. The van der Waals surface area contributed by atoms with Gasteiger partial charge in [0, 0.05) is 35.5 Å². The molecule has 1 aliphatic carbocycles. The Morgan fingerprint density at radius 3 is 2.59 bits per heavy atom. The molecule has 4 heteroatoms. The lowest BCUT2D eigenvalue weighted by Gasteiger charge is -2.12. The molecular weight excluding hydrogens is 298 g/mol. The van der Waals surface area contributed by atoms with Crippen LogP contribution in [0.2, 0.25) is 0 Å². The van der Waals surface area contributed by atoms with E-state index >= 15 is 0 Å². The van der Waals surface area contributed by atoms with E-state index in [1.165, 1.54) is 0 Å². The summed E-state index contributed by atoms with van der Waals surface area (Å²) in [5, 5.41) is 0. The lowest BCUT2D eigenvalue weighted by Crippen LogP contribution is -2.07. The third-order valence-electron chi connectivity index (χ3n) is 3.45. The van der Waals surface area contributed by atoms with E-state index in [2.05, 4.69) is 4.98 Å². The van der Waals surface area contributed by atoms with Gasteiger partial charge in [0.05, 0.1) is 6.10 Å². The van der Waals surface area contributed by atoms with Crippen LogP contribution in [0.4, 0.5) is 0 Å². The highest BCUT2D eigenvalue weighted by atomic mass is 35.5. The monoisotopic (exact) mass is 315 g/mol. The minimum atomic E-state index is 0. The predicted octanol–water partition coefficient (Wildman–Crippen LogP) is 4.11. The molecule has 1 aromatic heterocycles. The fourth-order valence-corrected chi connectivity index (χ4v) is 2.55. The van der Waals surface area contributed by atoms with Crippen molar-refractivity contribution >= 4 is 24.3 Å². The quantitative estimate of drug-likeness (QED) is 0.800. The smallest absolute Gasteiger partial charge is 0.189 e. The van der Waals surface area contributed by atoms with Gasteiger partial charge in [0.1, 0.15) is 5.75 Å². The highest BCUT2D eigenvalue weighted by molar-refractivity contribution is 6.16. The van der Waals surface area contributed by atoms with Crippen LogP contribution in [0, 0.1) is 0 Å². The summed E-state index contributed by atoms with van der Waals surface area (Å²) in [5.74, 6) is 0.907. The number of hydrogen-bond acceptors (Lipinski definition) is 3. The molecule has 3 nitrogen and oxygen atoms in total. The van der Waals surface area contributed by atoms with Crippen molar-refractivity contribution in [2.45, 2.75) is 26.4 Å². The molecule has 0 spiro atoms. The molecule has 0 N–H and O–H groups in total. The molecule has 0 unspecified atom stereocenters. The maximum atomic E-state index is 12.5. The summed E-state index contributed by atoms with van der Waals surface area (Å²) in [6.45, 7) is 3.98. The van der Waals surface area contributed by atoms with Crippen LogP contribution >= 0.6 is 12.4 Å². The first-order valence-corrected chi connectivity index (χ1v) is 7.09. The second-order valence-corrected chi connectivity index (χ2v) is 5.40. The summed E-state index contributed by atoms with van der Waals surface area (Å²) in [6.07, 6.45) is 6.11. The van der Waals surface area contributed by atoms with E-state index < -0.39 is 0 Å². The summed E-state index contributed by atoms with van der Waals surface area (Å²) >= 11 is 0. The molecule has 0 atom stereocenters. The van der Waals surface area contributed by atoms with Gasteiger partial charge in [0.15, 0.2) is 5.78 Å². The maximum absolute atomic E-state index is 12.5. The van der Waals surface area contributed by atoms with Gasteiger partial charge in [0.25, 0.3) is 0 Å². The van der Waals surface area contributed by atoms with Gasteiger partial charge in [-0.25, -0.2) is 0 Å². The van der Waals surface area contributed by atoms with Gasteiger partial charge >= 0.3 is 0 Å². The minimum Gasteiger partial charge on any atom is -0.491 e. The van der Waals surface area contributed by atoms with Crippen molar-refractivity contribution in [3.05, 3.63) is 65.0 Å². The predicted molar refractivity (Wildman–Crippen MR) is 89.7 cm³/mol. The fraction of sp³-hybridized carbons (Fsp3) is 0.222. The molecule has 0 aliphatic heterocycles. The van der Waals surface area contributed by atoms with Crippen molar-refractivity contribution in [1.29, 1.82) is 0 Å². The van der Waals surface area contributed by atoms with Crippen molar-refractivity contribution in [2.75, 3.05) is 0 Å². The van der Waals surface area contributed by atoms with Crippen LogP contribution < -0.4 is 4.74 Å². The number of fused-ring (bicyclic) bond motifs is 1. The SMILES string of the molecule is CC(C)Oc1cccc2c1C/C(=C\c1ccncc1)C2=O.Cl. The van der Waals surface area contributed by atoms with Crippen molar-refractivity contribution in [1.82, 2.24) is 4.98 Å². The Balaban J connectivity index is 0.00000176. The zero-order chi connectivity index (χ0) is 14.8. The van der Waals surface area contributed by atoms with Gasteiger partial charge in [-0.05, 0) is 43.7 Å². The first-order valence-electron chi connectivity index (χ1n) is 7.09. The molecule has 0 saturated heterocycles. The molecule has 3 rings (SSSR count). The molecule has 2 aromatic rings. The molecular formula is C18H18ClNO2. The van der Waals surface area contributed by atoms with Crippen LogP contribution in [-0.2, 0) is 6.42 Å². The molecule has 0 fully saturated rings. The normalized spacial score (nSPS) is 14.9. The number of benzene rings is 1. The zero-order valence-electron chi connectivity index (χ0n) is 12.6. The number of rotatable bonds is 3. The number of hydrogen-bond donors (Lipinski definition) is 0. The van der Waals surface area contributed by atoms with E-state index in [1.54, 1.807) is 12.4 Å². The van der Waals surface area contributed by atoms with E-state index in [4.69, 9.17) is 4.74 Å². The largest absolute Gasteiger partial charge is 0.491 e. The van der Waals surface area contributed by atoms with E-state index in [1.807, 2.05) is 50.3 Å². The molecule has 1 aromatic carbocycles. The molecule has 22 heavy (non-hydrogen) atoms. The van der Waals surface area contributed by atoms with E-state index in [0.717, 1.165) is 28.0 Å². The fourth-order valence-electron chi connectivity index (χ4n) is 2.55. The number of halogens is 1. The van der Waals surface area contributed by atoms with Gasteiger partial charge in [-0.2, -0.15) is 0 Å². The second kappa shape index (κ2) is 6.75. The summed E-state index contributed by atoms with van der Waals surface area (Å²) in [7, 11) is 0. The summed E-state index contributed by atoms with van der Waals surface area (Å²) in [5.41, 5.74) is 3.55. The number of ether oxygens (including phenoxy) is 1. The Morgan fingerprint density at radius 1 is 1.18 bits per heavy atom. The Morgan fingerprint density at radius 2 is 1.91 bits per heavy atom. The van der Waals surface area contributed by atoms with Crippen molar-refractivity contribution in [3.63, 3.8) is 0 Å². The topological polar surface area (TPSA) is 39.2 Å². The standard InChI is InChI=1S/C18H17NO2.ClH/c1-12(2)21-17-5-3-4-15-16(17)11-14(18(15)20)10-13-6-8-19-9-7-13;/h3-10,12H,11H2,1-2H3;1H/b14-10+;. The van der Waals surface area contributed by atoms with Gasteiger partial charge in [-0.3, -0.25) is 9.78 Å². The maximum Gasteiger partial charge on any atom is 0.189 e. The van der Waals surface area contributed by atoms with E-state index in [0.29, 0.717) is 6.42 Å². The molecule has 1 aliphatic rings. The molecule has 1 heterocycles. The van der Waals surface area contributed by atoms with Crippen molar-refractivity contribution in [2.24, 2.45) is 0 Å². The molecule has 0 radical (unpaired) electrons. The number of allylic oxidation sites excluding steroid dienone is 1.